The molecule has 1 heterocycles. The molecule has 1 aromatic carbocycles. The molecule has 1 saturated heterocycles. The van der Waals surface area contributed by atoms with Gasteiger partial charge in [0, 0.05) is 30.8 Å². The van der Waals surface area contributed by atoms with Crippen molar-refractivity contribution in [1.29, 1.82) is 0 Å². The number of hydrogen-bond acceptors (Lipinski definition) is 5. The molecule has 3 N–H and O–H groups in total. The van der Waals surface area contributed by atoms with Crippen LogP contribution in [0.4, 0.5) is 10.5 Å². The zero-order chi connectivity index (χ0) is 23.4. The van der Waals surface area contributed by atoms with Crippen LogP contribution in [0.2, 0.25) is 0 Å². The van der Waals surface area contributed by atoms with Crippen molar-refractivity contribution in [2.75, 3.05) is 18.4 Å². The van der Waals surface area contributed by atoms with Gasteiger partial charge in [-0.1, -0.05) is 24.6 Å². The van der Waals surface area contributed by atoms with E-state index >= 15 is 0 Å². The van der Waals surface area contributed by atoms with Gasteiger partial charge >= 0.3 is 6.09 Å². The number of nitrogens with one attached hydrogen (secondary N) is 2. The first-order valence-corrected chi connectivity index (χ1v) is 11.1. The van der Waals surface area contributed by atoms with Crippen LogP contribution in [0.5, 0.6) is 0 Å². The Bertz CT molecular complexity index is 892. The number of anilines is 1. The number of nitrogens with zero attached hydrogens (tertiary/aromatic N) is 1. The predicted molar refractivity (Wildman–Crippen MR) is 121 cm³/mol. The standard InChI is InChI=1S/C24H33N3O5/c1-23(2,3)32-22(30)27-14-13-24(16-27)12-6-8-18(15-24)21(29)25-19-9-5-4-7-17(19)10-11-20(28)26-31/h4-5,7,9-11,18,31H,6,8,12-16H2,1-3H3,(H,25,29)(H,26,28)/b11-10+. The normalized spacial score (nSPS) is 23.4. The van der Waals surface area contributed by atoms with Crippen LogP contribution in [0.1, 0.15) is 58.4 Å². The second-order valence-corrected chi connectivity index (χ2v) is 9.83. The van der Waals surface area contributed by atoms with E-state index in [2.05, 4.69) is 5.32 Å². The smallest absolute Gasteiger partial charge is 0.410 e. The van der Waals surface area contributed by atoms with Crippen LogP contribution in [0.15, 0.2) is 30.3 Å². The van der Waals surface area contributed by atoms with E-state index in [0.29, 0.717) is 24.3 Å². The number of hydroxylamine groups is 1. The molecule has 1 aliphatic heterocycles. The number of carbonyl (C=O) groups is 3. The van der Waals surface area contributed by atoms with Crippen LogP contribution in [0.3, 0.4) is 0 Å². The summed E-state index contributed by atoms with van der Waals surface area (Å²) in [6.07, 6.45) is 6.83. The molecule has 174 valence electrons. The van der Waals surface area contributed by atoms with E-state index in [-0.39, 0.29) is 23.3 Å². The molecule has 2 unspecified atom stereocenters. The van der Waals surface area contributed by atoms with Gasteiger partial charge in [0.1, 0.15) is 5.60 Å². The zero-order valence-corrected chi connectivity index (χ0v) is 19.0. The fraction of sp³-hybridized carbons (Fsp3) is 0.542. The number of ether oxygens (including phenoxy) is 1. The summed E-state index contributed by atoms with van der Waals surface area (Å²) in [6, 6.07) is 7.20. The van der Waals surface area contributed by atoms with Gasteiger partial charge in [0.05, 0.1) is 0 Å². The molecule has 1 aromatic rings. The number of carbonyl (C=O) groups excluding carboxylic acids is 3. The van der Waals surface area contributed by atoms with Gasteiger partial charge in [-0.3, -0.25) is 14.8 Å². The van der Waals surface area contributed by atoms with E-state index in [0.717, 1.165) is 32.1 Å². The van der Waals surface area contributed by atoms with E-state index in [1.165, 1.54) is 6.08 Å². The number of benzene rings is 1. The molecule has 0 radical (unpaired) electrons. The first-order valence-electron chi connectivity index (χ1n) is 11.1. The second-order valence-electron chi connectivity index (χ2n) is 9.83. The highest BCUT2D eigenvalue weighted by atomic mass is 16.6. The van der Waals surface area contributed by atoms with Gasteiger partial charge in [0.2, 0.25) is 5.91 Å². The van der Waals surface area contributed by atoms with Crippen molar-refractivity contribution in [2.45, 2.75) is 58.5 Å². The lowest BCUT2D eigenvalue weighted by Crippen LogP contribution is -2.40. The van der Waals surface area contributed by atoms with Crippen LogP contribution in [-0.4, -0.2) is 46.7 Å². The molecular weight excluding hydrogens is 410 g/mol. The molecule has 2 aliphatic rings. The lowest BCUT2D eigenvalue weighted by atomic mass is 9.69. The van der Waals surface area contributed by atoms with Crippen LogP contribution >= 0.6 is 0 Å². The van der Waals surface area contributed by atoms with Crippen LogP contribution in [0.25, 0.3) is 6.08 Å². The third-order valence-electron chi connectivity index (χ3n) is 6.14. The first-order chi connectivity index (χ1) is 15.1. The highest BCUT2D eigenvalue weighted by Gasteiger charge is 2.45. The molecule has 0 bridgehead atoms. The molecule has 1 saturated carbocycles. The molecule has 1 aliphatic carbocycles. The minimum atomic E-state index is -0.642. The Morgan fingerprint density at radius 3 is 2.69 bits per heavy atom. The van der Waals surface area contributed by atoms with Crippen LogP contribution in [0, 0.1) is 11.3 Å². The monoisotopic (exact) mass is 443 g/mol. The van der Waals surface area contributed by atoms with E-state index < -0.39 is 11.5 Å². The summed E-state index contributed by atoms with van der Waals surface area (Å²) in [7, 11) is 0. The third kappa shape index (κ3) is 6.09. The van der Waals surface area contributed by atoms with Crippen LogP contribution in [-0.2, 0) is 14.3 Å². The van der Waals surface area contributed by atoms with Gasteiger partial charge in [-0.15, -0.1) is 0 Å². The quantitative estimate of drug-likeness (QED) is 0.371. The van der Waals surface area contributed by atoms with Crippen molar-refractivity contribution in [3.8, 4) is 0 Å². The Labute approximate surface area is 189 Å². The molecule has 0 aromatic heterocycles. The third-order valence-corrected chi connectivity index (χ3v) is 6.14. The predicted octanol–water partition coefficient (Wildman–Crippen LogP) is 3.96. The minimum absolute atomic E-state index is 0.0458. The SMILES string of the molecule is CC(C)(C)OC(=O)N1CCC2(CCCC(C(=O)Nc3ccccc3/C=C/C(=O)NO)C2)C1. The summed E-state index contributed by atoms with van der Waals surface area (Å²) in [5.41, 5.74) is 2.26. The Morgan fingerprint density at radius 1 is 1.22 bits per heavy atom. The lowest BCUT2D eigenvalue weighted by Gasteiger charge is -2.37. The van der Waals surface area contributed by atoms with Crippen molar-refractivity contribution in [3.05, 3.63) is 35.9 Å². The van der Waals surface area contributed by atoms with E-state index in [1.54, 1.807) is 28.6 Å². The van der Waals surface area contributed by atoms with Crippen molar-refractivity contribution < 1.29 is 24.3 Å². The Hall–Kier alpha value is -2.87. The van der Waals surface area contributed by atoms with E-state index in [1.807, 2.05) is 32.9 Å². The summed E-state index contributed by atoms with van der Waals surface area (Å²) in [5.74, 6) is -0.830. The molecule has 2 atom stereocenters. The number of likely N-dealkylation sites (tertiary alicyclic amines) is 1. The van der Waals surface area contributed by atoms with Gasteiger partial charge in [-0.05, 0) is 69.6 Å². The second kappa shape index (κ2) is 9.73. The Balaban J connectivity index is 1.64. The number of rotatable bonds is 4. The molecule has 3 rings (SSSR count). The molecule has 8 nitrogen and oxygen atoms in total. The fourth-order valence-corrected chi connectivity index (χ4v) is 4.66. The number of hydrogen-bond donors (Lipinski definition) is 3. The summed E-state index contributed by atoms with van der Waals surface area (Å²) >= 11 is 0. The summed E-state index contributed by atoms with van der Waals surface area (Å²) in [5, 5.41) is 11.7. The molecular formula is C24H33N3O5. The first kappa shape index (κ1) is 23.8. The van der Waals surface area contributed by atoms with E-state index in [4.69, 9.17) is 9.94 Å². The van der Waals surface area contributed by atoms with Crippen molar-refractivity contribution in [3.63, 3.8) is 0 Å². The maximum Gasteiger partial charge on any atom is 0.410 e. The van der Waals surface area contributed by atoms with Gasteiger partial charge in [-0.2, -0.15) is 0 Å². The summed E-state index contributed by atoms with van der Waals surface area (Å²) in [6.45, 7) is 6.87. The van der Waals surface area contributed by atoms with Gasteiger partial charge in [0.25, 0.3) is 5.91 Å². The van der Waals surface area contributed by atoms with Gasteiger partial charge in [0.15, 0.2) is 0 Å². The van der Waals surface area contributed by atoms with Gasteiger partial charge < -0.3 is 15.0 Å². The van der Waals surface area contributed by atoms with Crippen LogP contribution < -0.4 is 10.8 Å². The molecule has 2 fully saturated rings. The number of para-hydroxylation sites is 1. The zero-order valence-electron chi connectivity index (χ0n) is 19.0. The summed E-state index contributed by atoms with van der Waals surface area (Å²) in [4.78, 5) is 38.6. The molecule has 8 heteroatoms. The molecule has 32 heavy (non-hydrogen) atoms. The van der Waals surface area contributed by atoms with Crippen molar-refractivity contribution >= 4 is 29.7 Å². The van der Waals surface area contributed by atoms with Gasteiger partial charge in [-0.25, -0.2) is 10.3 Å². The highest BCUT2D eigenvalue weighted by molar-refractivity contribution is 5.96. The highest BCUT2D eigenvalue weighted by Crippen LogP contribution is 2.46. The topological polar surface area (TPSA) is 108 Å². The van der Waals surface area contributed by atoms with Crippen molar-refractivity contribution in [1.82, 2.24) is 10.4 Å². The fourth-order valence-electron chi connectivity index (χ4n) is 4.66. The molecule has 1 spiro atoms. The lowest BCUT2D eigenvalue weighted by molar-refractivity contribution is -0.124. The minimum Gasteiger partial charge on any atom is -0.444 e. The summed E-state index contributed by atoms with van der Waals surface area (Å²) < 4.78 is 5.53. The largest absolute Gasteiger partial charge is 0.444 e. The Morgan fingerprint density at radius 2 is 1.97 bits per heavy atom. The van der Waals surface area contributed by atoms with E-state index in [9.17, 15) is 14.4 Å². The average Bonchev–Trinajstić information content (AvgIpc) is 3.15. The van der Waals surface area contributed by atoms with Crippen molar-refractivity contribution in [2.24, 2.45) is 11.3 Å². The number of amides is 3. The Kier molecular flexibility index (Phi) is 7.23. The maximum atomic E-state index is 13.1. The molecule has 3 amide bonds. The average molecular weight is 444 g/mol. The maximum absolute atomic E-state index is 13.1.